The van der Waals surface area contributed by atoms with Gasteiger partial charge in [0.05, 0.1) is 13.1 Å². The lowest BCUT2D eigenvalue weighted by atomic mass is 9.82. The first kappa shape index (κ1) is 29.1. The predicted molar refractivity (Wildman–Crippen MR) is 137 cm³/mol. The molecule has 2 aromatic rings. The van der Waals surface area contributed by atoms with Crippen LogP contribution in [0.5, 0.6) is 0 Å². The monoisotopic (exact) mass is 592 g/mol. The van der Waals surface area contributed by atoms with E-state index < -0.39 is 23.7 Å². The molecule has 2 bridgehead atoms. The zero-order valence-corrected chi connectivity index (χ0v) is 23.8. The maximum atomic E-state index is 13.4. The van der Waals surface area contributed by atoms with E-state index in [-0.39, 0.29) is 34.8 Å². The van der Waals surface area contributed by atoms with Gasteiger partial charge in [-0.3, -0.25) is 4.79 Å². The van der Waals surface area contributed by atoms with Crippen molar-refractivity contribution in [3.8, 4) is 0 Å². The van der Waals surface area contributed by atoms with Gasteiger partial charge >= 0.3 is 12.1 Å². The Morgan fingerprint density at radius 1 is 1.03 bits per heavy atom. The van der Waals surface area contributed by atoms with Crippen LogP contribution in [0, 0.1) is 5.92 Å². The van der Waals surface area contributed by atoms with Gasteiger partial charge in [0.1, 0.15) is 18.7 Å². The minimum atomic E-state index is -1.04. The van der Waals surface area contributed by atoms with Crippen LogP contribution >= 0.6 is 11.6 Å². The van der Waals surface area contributed by atoms with Crippen molar-refractivity contribution < 1.29 is 45.3 Å². The van der Waals surface area contributed by atoms with Gasteiger partial charge in [-0.2, -0.15) is 0 Å². The van der Waals surface area contributed by atoms with E-state index in [1.807, 2.05) is 30.3 Å². The molecule has 0 spiro atoms. The Bertz CT molecular complexity index is 1100. The van der Waals surface area contributed by atoms with Gasteiger partial charge in [-0.25, -0.2) is 9.59 Å². The van der Waals surface area contributed by atoms with E-state index >= 15 is 0 Å². The molecule has 1 unspecified atom stereocenters. The summed E-state index contributed by atoms with van der Waals surface area (Å²) in [5.74, 6) is -0.200. The van der Waals surface area contributed by atoms with E-state index in [0.29, 0.717) is 33.7 Å². The second-order valence-electron chi connectivity index (χ2n) is 10.9. The minimum Gasteiger partial charge on any atom is -1.00 e. The van der Waals surface area contributed by atoms with Crippen molar-refractivity contribution in [3.63, 3.8) is 0 Å². The summed E-state index contributed by atoms with van der Waals surface area (Å²) in [5, 5.41) is 3.19. The molecular weight excluding hydrogens is 560 g/mol. The number of hydrogen-bond donors (Lipinski definition) is 1. The molecule has 3 fully saturated rings. The fourth-order valence-corrected chi connectivity index (χ4v) is 5.30. The van der Waals surface area contributed by atoms with Gasteiger partial charge in [-0.05, 0) is 38.5 Å². The highest BCUT2D eigenvalue weighted by molar-refractivity contribution is 6.30. The summed E-state index contributed by atoms with van der Waals surface area (Å²) in [6.07, 6.45) is 0.764. The van der Waals surface area contributed by atoms with E-state index in [2.05, 4.69) is 5.32 Å². The Morgan fingerprint density at radius 2 is 1.65 bits per heavy atom. The number of ketones is 1. The first-order chi connectivity index (χ1) is 17.0. The van der Waals surface area contributed by atoms with Crippen LogP contribution in [0.3, 0.4) is 0 Å². The van der Waals surface area contributed by atoms with Gasteiger partial charge in [-0.15, -0.1) is 0 Å². The zero-order valence-electron chi connectivity index (χ0n) is 21.4. The third-order valence-corrected chi connectivity index (χ3v) is 7.24. The molecule has 3 aliphatic rings. The number of halogens is 2. The van der Waals surface area contributed by atoms with Crippen LogP contribution in [-0.4, -0.2) is 60.2 Å². The molecule has 3 saturated heterocycles. The van der Waals surface area contributed by atoms with Gasteiger partial charge in [0, 0.05) is 29.3 Å². The Kier molecular flexibility index (Phi) is 9.42. The van der Waals surface area contributed by atoms with Crippen molar-refractivity contribution in [1.29, 1.82) is 0 Å². The molecule has 3 heterocycles. The molecule has 9 heteroatoms. The molecule has 2 aromatic carbocycles. The molecule has 0 aromatic heterocycles. The topological polar surface area (TPSA) is 81.7 Å². The second kappa shape index (κ2) is 12.0. The van der Waals surface area contributed by atoms with E-state index in [9.17, 15) is 14.4 Å². The van der Waals surface area contributed by atoms with Gasteiger partial charge < -0.3 is 36.3 Å². The van der Waals surface area contributed by atoms with Gasteiger partial charge in [0.25, 0.3) is 0 Å². The van der Waals surface area contributed by atoms with Crippen molar-refractivity contribution in [2.45, 2.75) is 51.4 Å². The summed E-state index contributed by atoms with van der Waals surface area (Å²) in [7, 11) is 0. The number of ether oxygens (including phenoxy) is 2. The number of fused-ring (bicyclic) bond motifs is 3. The van der Waals surface area contributed by atoms with E-state index in [4.69, 9.17) is 21.1 Å². The van der Waals surface area contributed by atoms with Crippen molar-refractivity contribution in [2.75, 3.05) is 26.2 Å². The molecule has 1 amide bonds. The third-order valence-electron chi connectivity index (χ3n) is 6.98. The quantitative estimate of drug-likeness (QED) is 0.302. The molecule has 1 N–H and O–H groups in total. The number of rotatable bonds is 7. The fraction of sp³-hybridized carbons (Fsp3) is 0.464. The molecule has 0 radical (unpaired) electrons. The predicted octanol–water partition coefficient (Wildman–Crippen LogP) is 1.94. The highest BCUT2D eigenvalue weighted by atomic mass is 79.9. The number of piperidine rings is 3. The van der Waals surface area contributed by atoms with Gasteiger partial charge in [-0.1, -0.05) is 54.1 Å². The number of carbonyl (C=O) groups is 3. The van der Waals surface area contributed by atoms with E-state index in [1.54, 1.807) is 45.0 Å². The maximum Gasteiger partial charge on any atom is 0.408 e. The average molecular weight is 594 g/mol. The van der Waals surface area contributed by atoms with Crippen LogP contribution in [0.25, 0.3) is 0 Å². The van der Waals surface area contributed by atoms with Gasteiger partial charge in [0.15, 0.2) is 12.1 Å². The highest BCUT2D eigenvalue weighted by Crippen LogP contribution is 2.36. The second-order valence-corrected chi connectivity index (χ2v) is 11.3. The molecule has 3 aliphatic heterocycles. The molecule has 5 rings (SSSR count). The lowest BCUT2D eigenvalue weighted by Gasteiger charge is -2.51. The molecule has 0 saturated carbocycles. The number of carbonyl (C=O) groups excluding carboxylic acids is 3. The summed E-state index contributed by atoms with van der Waals surface area (Å²) in [6, 6.07) is 15.0. The number of hydrogen-bond acceptors (Lipinski definition) is 5. The number of quaternary nitrogens is 1. The third kappa shape index (κ3) is 7.55. The number of nitrogens with one attached hydrogen (secondary N) is 1. The number of benzene rings is 2. The number of amides is 1. The normalized spacial score (nSPS) is 23.4. The lowest BCUT2D eigenvalue weighted by molar-refractivity contribution is -0.938. The molecule has 37 heavy (non-hydrogen) atoms. The molecule has 2 atom stereocenters. The molecule has 200 valence electrons. The van der Waals surface area contributed by atoms with Crippen LogP contribution in [-0.2, 0) is 14.3 Å². The summed E-state index contributed by atoms with van der Waals surface area (Å²) < 4.78 is 12.0. The smallest absolute Gasteiger partial charge is 0.408 e. The lowest BCUT2D eigenvalue weighted by Crippen LogP contribution is -3.00. The standard InChI is InChI=1S/C28H33ClN2O5.BrH/c1-28(2,3)36-27(34)30-25(21-9-11-22(29)12-10-21)26(33)35-24-18-31(15-13-20(24)14-16-31)17-23(32)19-7-5-4-6-8-19;/h4-12,20,24-25H,13-18H2,1-3H3;1H/t20?,24-,25?,31?;/m0./s1. The van der Waals surface area contributed by atoms with Crippen LogP contribution in [0.4, 0.5) is 4.79 Å². The van der Waals surface area contributed by atoms with Crippen molar-refractivity contribution in [2.24, 2.45) is 5.92 Å². The minimum absolute atomic E-state index is 0. The van der Waals surface area contributed by atoms with Crippen LogP contribution in [0.15, 0.2) is 54.6 Å². The fourth-order valence-electron chi connectivity index (χ4n) is 5.17. The SMILES string of the molecule is CC(C)(C)OC(=O)NC(C(=O)O[C@H]1C[N+]2(CC(=O)c3ccccc3)CCC1CC2)c1ccc(Cl)cc1.[Br-]. The Labute approximate surface area is 233 Å². The summed E-state index contributed by atoms with van der Waals surface area (Å²) in [6.45, 7) is 8.05. The number of alkyl carbamates (subject to hydrolysis) is 1. The van der Waals surface area contributed by atoms with Crippen molar-refractivity contribution >= 4 is 29.4 Å². The number of Topliss-reactive ketones (excluding diaryl/α,β-unsaturated/α-hetero) is 1. The molecular formula is C28H34BrClN2O5. The highest BCUT2D eigenvalue weighted by Gasteiger charge is 2.49. The summed E-state index contributed by atoms with van der Waals surface area (Å²) >= 11 is 6.03. The Morgan fingerprint density at radius 3 is 2.24 bits per heavy atom. The number of nitrogens with zero attached hydrogens (tertiary/aromatic N) is 1. The van der Waals surface area contributed by atoms with E-state index in [0.717, 1.165) is 25.9 Å². The Hall–Kier alpha value is -2.42. The number of esters is 1. The molecule has 0 aliphatic carbocycles. The summed E-state index contributed by atoms with van der Waals surface area (Å²) in [4.78, 5) is 38.9. The van der Waals surface area contributed by atoms with E-state index in [1.165, 1.54) is 0 Å². The van der Waals surface area contributed by atoms with Crippen LogP contribution in [0.1, 0.15) is 55.6 Å². The van der Waals surface area contributed by atoms with Gasteiger partial charge in [0.2, 0.25) is 5.78 Å². The van der Waals surface area contributed by atoms with Crippen LogP contribution in [0.2, 0.25) is 5.02 Å². The van der Waals surface area contributed by atoms with Crippen LogP contribution < -0.4 is 22.3 Å². The first-order valence-electron chi connectivity index (χ1n) is 12.4. The Balaban J connectivity index is 0.00000380. The van der Waals surface area contributed by atoms with Crippen molar-refractivity contribution in [1.82, 2.24) is 5.32 Å². The zero-order chi connectivity index (χ0) is 25.9. The molecule has 7 nitrogen and oxygen atoms in total. The maximum absolute atomic E-state index is 13.4. The largest absolute Gasteiger partial charge is 1.00 e. The van der Waals surface area contributed by atoms with Crippen molar-refractivity contribution in [3.05, 3.63) is 70.7 Å². The average Bonchev–Trinajstić information content (AvgIpc) is 2.83. The summed E-state index contributed by atoms with van der Waals surface area (Å²) in [5.41, 5.74) is 0.547. The first-order valence-corrected chi connectivity index (χ1v) is 12.8.